The van der Waals surface area contributed by atoms with E-state index in [1.165, 1.54) is 4.90 Å². The first-order valence-electron chi connectivity index (χ1n) is 8.78. The number of benzene rings is 2. The van der Waals surface area contributed by atoms with E-state index in [1.54, 1.807) is 26.1 Å². The lowest BCUT2D eigenvalue weighted by Gasteiger charge is -2.28. The van der Waals surface area contributed by atoms with Crippen LogP contribution in [0.1, 0.15) is 23.6 Å². The van der Waals surface area contributed by atoms with Crippen molar-refractivity contribution in [2.75, 3.05) is 13.7 Å². The fourth-order valence-electron chi connectivity index (χ4n) is 2.68. The number of hydrogen-bond acceptors (Lipinski definition) is 3. The van der Waals surface area contributed by atoms with Crippen molar-refractivity contribution in [1.82, 2.24) is 10.2 Å². The average Bonchev–Trinajstić information content (AvgIpc) is 2.67. The molecule has 0 heterocycles. The van der Waals surface area contributed by atoms with Crippen LogP contribution < -0.4 is 10.1 Å². The van der Waals surface area contributed by atoms with Crippen LogP contribution in [0.25, 0.3) is 0 Å². The molecule has 0 spiro atoms. The molecule has 27 heavy (non-hydrogen) atoms. The van der Waals surface area contributed by atoms with Crippen LogP contribution in [0.4, 0.5) is 0 Å². The van der Waals surface area contributed by atoms with Gasteiger partial charge in [-0.05, 0) is 55.7 Å². The van der Waals surface area contributed by atoms with E-state index in [1.807, 2.05) is 44.2 Å². The van der Waals surface area contributed by atoms with Crippen LogP contribution in [-0.2, 0) is 16.1 Å². The summed E-state index contributed by atoms with van der Waals surface area (Å²) in [6.45, 7) is 5.79. The number of likely N-dealkylation sites (N-methyl/N-ethyl adjacent to an activating group) is 1. The van der Waals surface area contributed by atoms with Crippen LogP contribution in [0.3, 0.4) is 0 Å². The van der Waals surface area contributed by atoms with E-state index < -0.39 is 6.04 Å². The highest BCUT2D eigenvalue weighted by Gasteiger charge is 2.26. The van der Waals surface area contributed by atoms with E-state index in [-0.39, 0.29) is 18.4 Å². The molecule has 5 nitrogen and oxygen atoms in total. The Kier molecular flexibility index (Phi) is 7.25. The largest absolute Gasteiger partial charge is 0.483 e. The summed E-state index contributed by atoms with van der Waals surface area (Å²) in [5, 5.41) is 3.21. The average molecular weight is 389 g/mol. The van der Waals surface area contributed by atoms with E-state index in [0.29, 0.717) is 17.3 Å². The summed E-state index contributed by atoms with van der Waals surface area (Å²) in [5.74, 6) is 0.174. The second kappa shape index (κ2) is 9.42. The minimum absolute atomic E-state index is 0.140. The van der Waals surface area contributed by atoms with E-state index in [9.17, 15) is 9.59 Å². The Hall–Kier alpha value is -2.53. The van der Waals surface area contributed by atoms with Gasteiger partial charge in [0, 0.05) is 18.6 Å². The molecule has 0 aliphatic rings. The Morgan fingerprint density at radius 3 is 2.44 bits per heavy atom. The minimum atomic E-state index is -0.625. The number of halogens is 1. The standard InChI is InChI=1S/C21H25ClN2O3/c1-14-6-5-7-19(15(14)2)27-13-20(25)24(16(3)21(26)23-4)12-17-8-10-18(22)11-9-17/h5-11,16H,12-13H2,1-4H3,(H,23,26)/t16-/m0/s1. The maximum atomic E-state index is 12.8. The number of nitrogens with one attached hydrogen (secondary N) is 1. The molecule has 1 N–H and O–H groups in total. The highest BCUT2D eigenvalue weighted by molar-refractivity contribution is 6.30. The lowest BCUT2D eigenvalue weighted by Crippen LogP contribution is -2.48. The molecule has 6 heteroatoms. The highest BCUT2D eigenvalue weighted by Crippen LogP contribution is 2.21. The van der Waals surface area contributed by atoms with E-state index >= 15 is 0 Å². The van der Waals surface area contributed by atoms with Crippen molar-refractivity contribution < 1.29 is 14.3 Å². The molecular weight excluding hydrogens is 364 g/mol. The van der Waals surface area contributed by atoms with Crippen LogP contribution in [-0.4, -0.2) is 36.4 Å². The fourth-order valence-corrected chi connectivity index (χ4v) is 2.81. The lowest BCUT2D eigenvalue weighted by atomic mass is 10.1. The molecule has 2 aromatic rings. The predicted octanol–water partition coefficient (Wildman–Crippen LogP) is 3.50. The molecule has 1 atom stereocenters. The van der Waals surface area contributed by atoms with Crippen molar-refractivity contribution in [3.05, 3.63) is 64.2 Å². The number of carbonyl (C=O) groups excluding carboxylic acids is 2. The van der Waals surface area contributed by atoms with E-state index in [2.05, 4.69) is 5.32 Å². The van der Waals surface area contributed by atoms with Crippen molar-refractivity contribution in [2.45, 2.75) is 33.4 Å². The fraction of sp³-hybridized carbons (Fsp3) is 0.333. The number of carbonyl (C=O) groups is 2. The van der Waals surface area contributed by atoms with Crippen molar-refractivity contribution in [3.8, 4) is 5.75 Å². The zero-order chi connectivity index (χ0) is 20.0. The highest BCUT2D eigenvalue weighted by atomic mass is 35.5. The summed E-state index contributed by atoms with van der Waals surface area (Å²) in [6, 6.07) is 12.3. The van der Waals surface area contributed by atoms with E-state index in [4.69, 9.17) is 16.3 Å². The number of amides is 2. The van der Waals surface area contributed by atoms with Gasteiger partial charge in [-0.2, -0.15) is 0 Å². The van der Waals surface area contributed by atoms with Gasteiger partial charge in [0.1, 0.15) is 11.8 Å². The quantitative estimate of drug-likeness (QED) is 0.789. The number of rotatable bonds is 7. The monoisotopic (exact) mass is 388 g/mol. The summed E-state index contributed by atoms with van der Waals surface area (Å²) in [7, 11) is 1.55. The third kappa shape index (κ3) is 5.47. The maximum Gasteiger partial charge on any atom is 0.261 e. The first kappa shape index (κ1) is 20.8. The van der Waals surface area contributed by atoms with Crippen molar-refractivity contribution in [3.63, 3.8) is 0 Å². The molecule has 0 saturated carbocycles. The molecule has 2 aromatic carbocycles. The Morgan fingerprint density at radius 2 is 1.81 bits per heavy atom. The van der Waals surface area contributed by atoms with Gasteiger partial charge in [-0.15, -0.1) is 0 Å². The topological polar surface area (TPSA) is 58.6 Å². The first-order chi connectivity index (χ1) is 12.8. The minimum Gasteiger partial charge on any atom is -0.483 e. The van der Waals surface area contributed by atoms with Gasteiger partial charge in [0.05, 0.1) is 0 Å². The van der Waals surface area contributed by atoms with Crippen LogP contribution in [0.5, 0.6) is 5.75 Å². The summed E-state index contributed by atoms with van der Waals surface area (Å²) >= 11 is 5.93. The van der Waals surface area contributed by atoms with Gasteiger partial charge in [-0.3, -0.25) is 9.59 Å². The summed E-state index contributed by atoms with van der Waals surface area (Å²) in [5.41, 5.74) is 2.97. The molecule has 2 amide bonds. The molecule has 0 aliphatic heterocycles. The van der Waals surface area contributed by atoms with Crippen molar-refractivity contribution in [2.24, 2.45) is 0 Å². The third-order valence-corrected chi connectivity index (χ3v) is 4.84. The summed E-state index contributed by atoms with van der Waals surface area (Å²) in [6.07, 6.45) is 0. The molecule has 144 valence electrons. The van der Waals surface area contributed by atoms with Gasteiger partial charge < -0.3 is 15.0 Å². The van der Waals surface area contributed by atoms with Crippen molar-refractivity contribution in [1.29, 1.82) is 0 Å². The van der Waals surface area contributed by atoms with Gasteiger partial charge in [0.2, 0.25) is 5.91 Å². The van der Waals surface area contributed by atoms with Gasteiger partial charge in [-0.1, -0.05) is 35.9 Å². The van der Waals surface area contributed by atoms with Crippen molar-refractivity contribution >= 4 is 23.4 Å². The zero-order valence-corrected chi connectivity index (χ0v) is 16.8. The predicted molar refractivity (Wildman–Crippen MR) is 107 cm³/mol. The van der Waals surface area contributed by atoms with E-state index in [0.717, 1.165) is 16.7 Å². The van der Waals surface area contributed by atoms with Crippen LogP contribution in [0.15, 0.2) is 42.5 Å². The molecule has 0 unspecified atom stereocenters. The van der Waals surface area contributed by atoms with Gasteiger partial charge in [-0.25, -0.2) is 0 Å². The Morgan fingerprint density at radius 1 is 1.15 bits per heavy atom. The Balaban J connectivity index is 2.15. The molecule has 0 radical (unpaired) electrons. The second-order valence-corrected chi connectivity index (χ2v) is 6.86. The number of aryl methyl sites for hydroxylation is 1. The Labute approximate surface area is 165 Å². The number of hydrogen-bond donors (Lipinski definition) is 1. The molecule has 2 rings (SSSR count). The normalized spacial score (nSPS) is 11.6. The zero-order valence-electron chi connectivity index (χ0n) is 16.1. The molecule has 0 aromatic heterocycles. The number of ether oxygens (including phenoxy) is 1. The Bertz CT molecular complexity index is 806. The third-order valence-electron chi connectivity index (χ3n) is 4.59. The smallest absolute Gasteiger partial charge is 0.261 e. The van der Waals surface area contributed by atoms with Crippen LogP contribution in [0.2, 0.25) is 5.02 Å². The number of nitrogens with zero attached hydrogens (tertiary/aromatic N) is 1. The van der Waals surface area contributed by atoms with Gasteiger partial charge in [0.25, 0.3) is 5.91 Å². The first-order valence-corrected chi connectivity index (χ1v) is 9.15. The maximum absolute atomic E-state index is 12.8. The second-order valence-electron chi connectivity index (χ2n) is 6.43. The van der Waals surface area contributed by atoms with Crippen LogP contribution in [0, 0.1) is 13.8 Å². The lowest BCUT2D eigenvalue weighted by molar-refractivity contribution is -0.142. The van der Waals surface area contributed by atoms with Crippen LogP contribution >= 0.6 is 11.6 Å². The SMILES string of the molecule is CNC(=O)[C@H](C)N(Cc1ccc(Cl)cc1)C(=O)COc1cccc(C)c1C. The molecule has 0 fully saturated rings. The van der Waals surface area contributed by atoms with Gasteiger partial charge in [0.15, 0.2) is 6.61 Å². The summed E-state index contributed by atoms with van der Waals surface area (Å²) < 4.78 is 5.74. The molecule has 0 saturated heterocycles. The molecule has 0 aliphatic carbocycles. The molecule has 0 bridgehead atoms. The molecular formula is C21H25ClN2O3. The summed E-state index contributed by atoms with van der Waals surface area (Å²) in [4.78, 5) is 26.5. The van der Waals surface area contributed by atoms with Gasteiger partial charge >= 0.3 is 0 Å².